The molecule has 0 fully saturated rings. The van der Waals surface area contributed by atoms with Crippen LogP contribution in [0.2, 0.25) is 0 Å². The van der Waals surface area contributed by atoms with Crippen molar-refractivity contribution in [3.05, 3.63) is 176 Å². The number of furan rings is 1. The van der Waals surface area contributed by atoms with E-state index in [9.17, 15) is 0 Å². The van der Waals surface area contributed by atoms with Gasteiger partial charge >= 0.3 is 0 Å². The molecule has 0 aliphatic rings. The van der Waals surface area contributed by atoms with Crippen molar-refractivity contribution in [3.8, 4) is 67.5 Å². The fraction of sp³-hybridized carbons (Fsp3) is 0. The maximum absolute atomic E-state index is 6.68. The molecule has 0 aliphatic carbocycles. The number of benzene rings is 7. The predicted molar refractivity (Wildman–Crippen MR) is 200 cm³/mol. The molecule has 0 bridgehead atoms. The van der Waals surface area contributed by atoms with Crippen molar-refractivity contribution in [2.75, 3.05) is 0 Å². The van der Waals surface area contributed by atoms with Crippen LogP contribution in [-0.2, 0) is 0 Å². The lowest BCUT2D eigenvalue weighted by Gasteiger charge is -2.09. The van der Waals surface area contributed by atoms with Gasteiger partial charge in [0.2, 0.25) is 0 Å². The molecule has 4 nitrogen and oxygen atoms in total. The first kappa shape index (κ1) is 28.6. The first-order chi connectivity index (χ1) is 24.3. The van der Waals surface area contributed by atoms with Gasteiger partial charge in [0.05, 0.1) is 0 Å². The van der Waals surface area contributed by atoms with E-state index < -0.39 is 0 Å². The summed E-state index contributed by atoms with van der Waals surface area (Å²) >= 11 is 0. The molecule has 0 saturated carbocycles. The van der Waals surface area contributed by atoms with Crippen LogP contribution in [0.4, 0.5) is 0 Å². The molecule has 0 radical (unpaired) electrons. The monoisotopic (exact) mass is 627 g/mol. The summed E-state index contributed by atoms with van der Waals surface area (Å²) in [7, 11) is 0. The topological polar surface area (TPSA) is 51.8 Å². The van der Waals surface area contributed by atoms with Gasteiger partial charge in [0, 0.05) is 33.0 Å². The molecule has 0 unspecified atom stereocenters. The highest BCUT2D eigenvalue weighted by Gasteiger charge is 2.19. The van der Waals surface area contributed by atoms with Gasteiger partial charge in [-0.15, -0.1) is 0 Å². The third-order valence-corrected chi connectivity index (χ3v) is 8.94. The molecule has 0 atom stereocenters. The summed E-state index contributed by atoms with van der Waals surface area (Å²) in [6.07, 6.45) is 0. The molecule has 0 saturated heterocycles. The first-order valence-electron chi connectivity index (χ1n) is 16.4. The first-order valence-corrected chi connectivity index (χ1v) is 16.4. The van der Waals surface area contributed by atoms with Crippen LogP contribution in [0, 0.1) is 0 Å². The Morgan fingerprint density at radius 1 is 0.327 bits per heavy atom. The molecule has 2 aromatic heterocycles. The Kier molecular flexibility index (Phi) is 7.10. The van der Waals surface area contributed by atoms with Crippen molar-refractivity contribution in [2.45, 2.75) is 0 Å². The highest BCUT2D eigenvalue weighted by Crippen LogP contribution is 2.41. The zero-order chi connectivity index (χ0) is 32.6. The Morgan fingerprint density at radius 2 is 0.776 bits per heavy atom. The van der Waals surface area contributed by atoms with Gasteiger partial charge in [0.1, 0.15) is 11.2 Å². The van der Waals surface area contributed by atoms with E-state index in [-0.39, 0.29) is 0 Å². The van der Waals surface area contributed by atoms with Crippen LogP contribution in [0.3, 0.4) is 0 Å². The fourth-order valence-corrected chi connectivity index (χ4v) is 6.57. The smallest absolute Gasteiger partial charge is 0.164 e. The van der Waals surface area contributed by atoms with E-state index >= 15 is 0 Å². The maximum Gasteiger partial charge on any atom is 0.164 e. The molecule has 7 aromatic carbocycles. The molecule has 9 rings (SSSR count). The van der Waals surface area contributed by atoms with Crippen LogP contribution in [0.25, 0.3) is 89.5 Å². The van der Waals surface area contributed by atoms with Gasteiger partial charge in [-0.25, -0.2) is 15.0 Å². The van der Waals surface area contributed by atoms with Gasteiger partial charge in [-0.1, -0.05) is 158 Å². The minimum absolute atomic E-state index is 0.603. The average molecular weight is 628 g/mol. The largest absolute Gasteiger partial charge is 0.455 e. The summed E-state index contributed by atoms with van der Waals surface area (Å²) in [6, 6.07) is 60.5. The molecule has 230 valence electrons. The van der Waals surface area contributed by atoms with Gasteiger partial charge < -0.3 is 4.42 Å². The quantitative estimate of drug-likeness (QED) is 0.184. The molecule has 2 heterocycles. The fourth-order valence-electron chi connectivity index (χ4n) is 6.57. The van der Waals surface area contributed by atoms with Crippen LogP contribution in [0.1, 0.15) is 0 Å². The summed E-state index contributed by atoms with van der Waals surface area (Å²) in [6.45, 7) is 0. The van der Waals surface area contributed by atoms with Gasteiger partial charge in [0.15, 0.2) is 17.5 Å². The molecule has 0 aliphatic heterocycles. The minimum Gasteiger partial charge on any atom is -0.455 e. The Bertz CT molecular complexity index is 2540. The number of rotatable bonds is 6. The van der Waals surface area contributed by atoms with Gasteiger partial charge in [0.25, 0.3) is 0 Å². The SMILES string of the molecule is c1ccc(-c2cccc(-c3cccc(-c4cccc5c4oc4cccc(-c6nc(-c7ccccc7)nc(-c7ccccc7)n6)c45)c3)c2)cc1. The average Bonchev–Trinajstić information content (AvgIpc) is 3.58. The number of hydrogen-bond acceptors (Lipinski definition) is 4. The van der Waals surface area contributed by atoms with Crippen LogP contribution in [0.15, 0.2) is 180 Å². The zero-order valence-electron chi connectivity index (χ0n) is 26.5. The molecule has 0 N–H and O–H groups in total. The molecule has 0 amide bonds. The lowest BCUT2D eigenvalue weighted by atomic mass is 9.95. The molecule has 9 aromatic rings. The van der Waals surface area contributed by atoms with E-state index in [0.29, 0.717) is 17.5 Å². The molecular weight excluding hydrogens is 599 g/mol. The summed E-state index contributed by atoms with van der Waals surface area (Å²) in [5, 5.41) is 2.00. The van der Waals surface area contributed by atoms with E-state index in [4.69, 9.17) is 19.4 Å². The number of nitrogens with zero attached hydrogens (tertiary/aromatic N) is 3. The van der Waals surface area contributed by atoms with Crippen molar-refractivity contribution < 1.29 is 4.42 Å². The highest BCUT2D eigenvalue weighted by atomic mass is 16.3. The van der Waals surface area contributed by atoms with Gasteiger partial charge in [-0.2, -0.15) is 0 Å². The Balaban J connectivity index is 1.19. The van der Waals surface area contributed by atoms with Crippen molar-refractivity contribution in [3.63, 3.8) is 0 Å². The van der Waals surface area contributed by atoms with Crippen LogP contribution in [-0.4, -0.2) is 15.0 Å². The molecule has 0 spiro atoms. The number of aromatic nitrogens is 3. The van der Waals surface area contributed by atoms with Gasteiger partial charge in [-0.3, -0.25) is 0 Å². The van der Waals surface area contributed by atoms with E-state index in [0.717, 1.165) is 55.3 Å². The zero-order valence-corrected chi connectivity index (χ0v) is 26.5. The lowest BCUT2D eigenvalue weighted by Crippen LogP contribution is -2.00. The third-order valence-electron chi connectivity index (χ3n) is 8.94. The minimum atomic E-state index is 0.603. The van der Waals surface area contributed by atoms with Crippen molar-refractivity contribution in [1.82, 2.24) is 15.0 Å². The van der Waals surface area contributed by atoms with Crippen LogP contribution in [0.5, 0.6) is 0 Å². The lowest BCUT2D eigenvalue weighted by molar-refractivity contribution is 0.670. The van der Waals surface area contributed by atoms with Crippen LogP contribution >= 0.6 is 0 Å². The summed E-state index contributed by atoms with van der Waals surface area (Å²) in [5.74, 6) is 1.86. The second-order valence-corrected chi connectivity index (χ2v) is 12.0. The second kappa shape index (κ2) is 12.2. The standard InChI is InChI=1S/C45H29N3O/c1-4-14-30(15-5-1)33-20-10-21-34(28-33)35-22-11-23-36(29-35)37-24-12-25-38-41-39(26-13-27-40(41)49-42(37)38)45-47-43(31-16-6-2-7-17-31)46-44(48-45)32-18-8-3-9-19-32/h1-29H. The highest BCUT2D eigenvalue weighted by molar-refractivity contribution is 6.15. The summed E-state index contributed by atoms with van der Waals surface area (Å²) in [4.78, 5) is 14.9. The van der Waals surface area contributed by atoms with Crippen molar-refractivity contribution in [2.24, 2.45) is 0 Å². The van der Waals surface area contributed by atoms with E-state index in [1.54, 1.807) is 0 Å². The Labute approximate surface area is 284 Å². The number of fused-ring (bicyclic) bond motifs is 3. The Morgan fingerprint density at radius 3 is 1.41 bits per heavy atom. The van der Waals surface area contributed by atoms with E-state index in [2.05, 4.69) is 97.1 Å². The summed E-state index contributed by atoms with van der Waals surface area (Å²) in [5.41, 5.74) is 11.2. The maximum atomic E-state index is 6.68. The van der Waals surface area contributed by atoms with Crippen LogP contribution < -0.4 is 0 Å². The molecule has 49 heavy (non-hydrogen) atoms. The Hall–Kier alpha value is -6.65. The van der Waals surface area contributed by atoms with Gasteiger partial charge in [-0.05, 0) is 46.0 Å². The number of para-hydroxylation sites is 1. The predicted octanol–water partition coefficient (Wildman–Crippen LogP) is 11.8. The van der Waals surface area contributed by atoms with E-state index in [1.165, 1.54) is 16.7 Å². The normalized spacial score (nSPS) is 11.3. The van der Waals surface area contributed by atoms with Crippen molar-refractivity contribution in [1.29, 1.82) is 0 Å². The van der Waals surface area contributed by atoms with Crippen molar-refractivity contribution >= 4 is 21.9 Å². The molecule has 4 heteroatoms. The summed E-state index contributed by atoms with van der Waals surface area (Å²) < 4.78 is 6.68. The van der Waals surface area contributed by atoms with E-state index in [1.807, 2.05) is 78.9 Å². The molecular formula is C45H29N3O. The number of hydrogen-bond donors (Lipinski definition) is 0. The second-order valence-electron chi connectivity index (χ2n) is 12.0. The third kappa shape index (κ3) is 5.35.